The van der Waals surface area contributed by atoms with Gasteiger partial charge in [0.2, 0.25) is 0 Å². The minimum atomic E-state index is -0.431. The van der Waals surface area contributed by atoms with E-state index in [4.69, 9.17) is 0 Å². The molecule has 3 aromatic rings. The monoisotopic (exact) mass is 298 g/mol. The van der Waals surface area contributed by atoms with Crippen molar-refractivity contribution in [3.05, 3.63) is 54.2 Å². The van der Waals surface area contributed by atoms with Gasteiger partial charge in [-0.3, -0.25) is 0 Å². The van der Waals surface area contributed by atoms with E-state index in [1.807, 2.05) is 12.3 Å². The van der Waals surface area contributed by atoms with Gasteiger partial charge < -0.3 is 15.0 Å². The summed E-state index contributed by atoms with van der Waals surface area (Å²) in [5.41, 5.74) is 1.74. The minimum absolute atomic E-state index is 0.0244. The summed E-state index contributed by atoms with van der Waals surface area (Å²) in [7, 11) is 0. The Hall–Kier alpha value is -2.47. The van der Waals surface area contributed by atoms with Crippen LogP contribution in [-0.2, 0) is 0 Å². The van der Waals surface area contributed by atoms with E-state index in [-0.39, 0.29) is 11.9 Å². The second-order valence-corrected chi connectivity index (χ2v) is 5.55. The molecule has 1 saturated heterocycles. The molecule has 0 amide bonds. The number of aliphatic hydroxyl groups is 1. The third kappa shape index (κ3) is 2.12. The smallest absolute Gasteiger partial charge is 0.142 e. The molecule has 0 spiro atoms. The van der Waals surface area contributed by atoms with E-state index in [0.717, 1.165) is 22.4 Å². The number of halogens is 1. The predicted octanol–water partition coefficient (Wildman–Crippen LogP) is 2.41. The molecule has 5 nitrogen and oxygen atoms in total. The molecule has 3 heterocycles. The van der Waals surface area contributed by atoms with Gasteiger partial charge in [-0.15, -0.1) is 0 Å². The average Bonchev–Trinajstić information content (AvgIpc) is 3.14. The molecule has 1 aliphatic rings. The van der Waals surface area contributed by atoms with Crippen LogP contribution in [-0.4, -0.2) is 32.7 Å². The number of aromatic amines is 1. The maximum absolute atomic E-state index is 13.1. The highest BCUT2D eigenvalue weighted by molar-refractivity contribution is 5.87. The number of benzene rings is 1. The predicted molar refractivity (Wildman–Crippen MR) is 81.0 cm³/mol. The summed E-state index contributed by atoms with van der Waals surface area (Å²) < 4.78 is 13.1. The van der Waals surface area contributed by atoms with Crippen LogP contribution in [0.1, 0.15) is 18.0 Å². The lowest BCUT2D eigenvalue weighted by Gasteiger charge is -2.26. The van der Waals surface area contributed by atoms with E-state index in [0.29, 0.717) is 13.0 Å². The number of nitrogens with zero attached hydrogens (tertiary/aromatic N) is 3. The van der Waals surface area contributed by atoms with Crippen LogP contribution in [0, 0.1) is 5.82 Å². The van der Waals surface area contributed by atoms with Gasteiger partial charge in [0.25, 0.3) is 0 Å². The normalized spacial score (nSPS) is 21.6. The number of H-pyrrole nitrogens is 1. The van der Waals surface area contributed by atoms with Gasteiger partial charge in [0.05, 0.1) is 17.5 Å². The summed E-state index contributed by atoms with van der Waals surface area (Å²) in [6, 6.07) is 8.33. The Kier molecular flexibility index (Phi) is 3.04. The van der Waals surface area contributed by atoms with Crippen LogP contribution < -0.4 is 4.90 Å². The number of aliphatic hydroxyl groups excluding tert-OH is 1. The zero-order valence-corrected chi connectivity index (χ0v) is 11.8. The molecule has 1 fully saturated rings. The van der Waals surface area contributed by atoms with Crippen molar-refractivity contribution in [2.75, 3.05) is 11.4 Å². The SMILES string of the molecule is OC1CC(c2ccc(F)cc2)N(c2ncnc3[nH]ccc23)C1. The van der Waals surface area contributed by atoms with E-state index < -0.39 is 6.10 Å². The second kappa shape index (κ2) is 5.06. The molecule has 0 saturated carbocycles. The zero-order valence-electron chi connectivity index (χ0n) is 11.8. The summed E-state index contributed by atoms with van der Waals surface area (Å²) in [6.45, 7) is 0.499. The number of aromatic nitrogens is 3. The molecule has 0 radical (unpaired) electrons. The van der Waals surface area contributed by atoms with E-state index in [9.17, 15) is 9.50 Å². The van der Waals surface area contributed by atoms with Gasteiger partial charge in [-0.1, -0.05) is 12.1 Å². The number of nitrogens with one attached hydrogen (secondary N) is 1. The number of hydrogen-bond acceptors (Lipinski definition) is 4. The molecule has 6 heteroatoms. The molecule has 2 unspecified atom stereocenters. The quantitative estimate of drug-likeness (QED) is 0.762. The highest BCUT2D eigenvalue weighted by Crippen LogP contribution is 2.37. The Bertz CT molecular complexity index is 801. The van der Waals surface area contributed by atoms with Crippen LogP contribution >= 0.6 is 0 Å². The summed E-state index contributed by atoms with van der Waals surface area (Å²) >= 11 is 0. The van der Waals surface area contributed by atoms with Crippen LogP contribution in [0.3, 0.4) is 0 Å². The highest BCUT2D eigenvalue weighted by atomic mass is 19.1. The van der Waals surface area contributed by atoms with Gasteiger partial charge >= 0.3 is 0 Å². The first-order valence-electron chi connectivity index (χ1n) is 7.20. The highest BCUT2D eigenvalue weighted by Gasteiger charge is 2.34. The molecule has 1 aromatic carbocycles. The molecular formula is C16H15FN4O. The Balaban J connectivity index is 1.78. The summed E-state index contributed by atoms with van der Waals surface area (Å²) in [4.78, 5) is 13.7. The second-order valence-electron chi connectivity index (χ2n) is 5.55. The van der Waals surface area contributed by atoms with Crippen LogP contribution in [0.15, 0.2) is 42.9 Å². The molecule has 0 aliphatic carbocycles. The molecule has 2 aromatic heterocycles. The minimum Gasteiger partial charge on any atom is -0.391 e. The van der Waals surface area contributed by atoms with E-state index in [1.165, 1.54) is 18.5 Å². The molecule has 112 valence electrons. The molecule has 2 atom stereocenters. The number of rotatable bonds is 2. The summed E-state index contributed by atoms with van der Waals surface area (Å²) in [5, 5.41) is 11.0. The van der Waals surface area contributed by atoms with Gasteiger partial charge in [0, 0.05) is 12.7 Å². The van der Waals surface area contributed by atoms with Crippen molar-refractivity contribution in [1.29, 1.82) is 0 Å². The van der Waals surface area contributed by atoms with Crippen LogP contribution in [0.5, 0.6) is 0 Å². The average molecular weight is 298 g/mol. The lowest BCUT2D eigenvalue weighted by Crippen LogP contribution is -2.25. The largest absolute Gasteiger partial charge is 0.391 e. The maximum atomic E-state index is 13.1. The van der Waals surface area contributed by atoms with E-state index in [1.54, 1.807) is 12.1 Å². The van der Waals surface area contributed by atoms with Crippen molar-refractivity contribution < 1.29 is 9.50 Å². The Labute approximate surface area is 126 Å². The van der Waals surface area contributed by atoms with Gasteiger partial charge in [-0.2, -0.15) is 0 Å². The fourth-order valence-corrected chi connectivity index (χ4v) is 3.14. The molecule has 2 N–H and O–H groups in total. The first-order valence-corrected chi connectivity index (χ1v) is 7.20. The van der Waals surface area contributed by atoms with Crippen LogP contribution in [0.2, 0.25) is 0 Å². The Morgan fingerprint density at radius 1 is 1.18 bits per heavy atom. The number of anilines is 1. The maximum Gasteiger partial charge on any atom is 0.142 e. The third-order valence-electron chi connectivity index (χ3n) is 4.14. The fraction of sp³-hybridized carbons (Fsp3) is 0.250. The van der Waals surface area contributed by atoms with Gasteiger partial charge in [-0.25, -0.2) is 14.4 Å². The van der Waals surface area contributed by atoms with Crippen molar-refractivity contribution in [1.82, 2.24) is 15.0 Å². The van der Waals surface area contributed by atoms with Crippen molar-refractivity contribution in [3.8, 4) is 0 Å². The van der Waals surface area contributed by atoms with Crippen molar-refractivity contribution in [3.63, 3.8) is 0 Å². The van der Waals surface area contributed by atoms with Crippen molar-refractivity contribution >= 4 is 16.9 Å². The first-order chi connectivity index (χ1) is 10.7. The van der Waals surface area contributed by atoms with E-state index >= 15 is 0 Å². The third-order valence-corrected chi connectivity index (χ3v) is 4.14. The standard InChI is InChI=1S/C16H15FN4O/c17-11-3-1-10(2-4-11)14-7-12(22)8-21(14)16-13-5-6-18-15(13)19-9-20-16/h1-6,9,12,14,22H,7-8H2,(H,18,19,20). The van der Waals surface area contributed by atoms with Crippen molar-refractivity contribution in [2.24, 2.45) is 0 Å². The topological polar surface area (TPSA) is 65.0 Å². The van der Waals surface area contributed by atoms with Gasteiger partial charge in [0.1, 0.15) is 23.6 Å². The first kappa shape index (κ1) is 13.2. The fourth-order valence-electron chi connectivity index (χ4n) is 3.14. The van der Waals surface area contributed by atoms with Gasteiger partial charge in [-0.05, 0) is 30.2 Å². The Morgan fingerprint density at radius 2 is 2.00 bits per heavy atom. The van der Waals surface area contributed by atoms with Crippen LogP contribution in [0.4, 0.5) is 10.2 Å². The molecule has 1 aliphatic heterocycles. The number of fused-ring (bicyclic) bond motifs is 1. The van der Waals surface area contributed by atoms with Crippen molar-refractivity contribution in [2.45, 2.75) is 18.6 Å². The van der Waals surface area contributed by atoms with Crippen LogP contribution in [0.25, 0.3) is 11.0 Å². The molecular weight excluding hydrogens is 283 g/mol. The number of β-amino-alcohol motifs (C(OH)–C–C–N with tert-alkyl or cyclic N) is 1. The molecule has 22 heavy (non-hydrogen) atoms. The lowest BCUT2D eigenvalue weighted by molar-refractivity contribution is 0.194. The Morgan fingerprint density at radius 3 is 2.82 bits per heavy atom. The van der Waals surface area contributed by atoms with Gasteiger partial charge in [0.15, 0.2) is 0 Å². The zero-order chi connectivity index (χ0) is 15.1. The molecule has 4 rings (SSSR count). The summed E-state index contributed by atoms with van der Waals surface area (Å²) in [6.07, 6.45) is 3.50. The number of hydrogen-bond donors (Lipinski definition) is 2. The lowest BCUT2D eigenvalue weighted by atomic mass is 10.0. The molecule has 0 bridgehead atoms. The van der Waals surface area contributed by atoms with E-state index in [2.05, 4.69) is 19.9 Å². The summed E-state index contributed by atoms with van der Waals surface area (Å²) in [5.74, 6) is 0.529.